The molecule has 0 spiro atoms. The van der Waals surface area contributed by atoms with E-state index in [4.69, 9.17) is 10.7 Å². The van der Waals surface area contributed by atoms with Crippen LogP contribution in [-0.4, -0.2) is 52.0 Å². The highest BCUT2D eigenvalue weighted by Gasteiger charge is 2.24. The lowest BCUT2D eigenvalue weighted by Gasteiger charge is -2.32. The first-order valence-corrected chi connectivity index (χ1v) is 11.5. The summed E-state index contributed by atoms with van der Waals surface area (Å²) >= 11 is 0. The number of aliphatic imine (C=N–C) groups is 1. The number of nitrogens with two attached hydrogens (primary N) is 1. The van der Waals surface area contributed by atoms with Gasteiger partial charge in [0.05, 0.1) is 17.2 Å². The average molecular weight is 428 g/mol. The molecule has 0 saturated heterocycles. The van der Waals surface area contributed by atoms with Gasteiger partial charge in [-0.1, -0.05) is 31.4 Å². The Kier molecular flexibility index (Phi) is 8.23. The van der Waals surface area contributed by atoms with E-state index >= 15 is 0 Å². The number of aryl methyl sites for hydroxylation is 1. The molecule has 7 nitrogen and oxygen atoms in total. The molecule has 6 N–H and O–H groups in total. The van der Waals surface area contributed by atoms with Crippen molar-refractivity contribution in [1.82, 2.24) is 10.3 Å². The first kappa shape index (κ1) is 23.4. The maximum Gasteiger partial charge on any atom is 0.144 e. The summed E-state index contributed by atoms with van der Waals surface area (Å²) in [5.41, 5.74) is 8.92. The van der Waals surface area contributed by atoms with Crippen LogP contribution in [0.5, 0.6) is 0 Å². The van der Waals surface area contributed by atoms with Crippen LogP contribution in [0, 0.1) is 6.92 Å². The van der Waals surface area contributed by atoms with E-state index in [9.17, 15) is 10.2 Å². The normalized spacial score (nSPS) is 21.8. The number of nitrogens with one attached hydrogen (secondary N) is 2. The SMILES string of the molecule is CCC(CCNc1nc2ccc(C)cc2cc1/C(N)=N/C(C)O)NC1CCCCC1O. The Morgan fingerprint density at radius 1 is 1.29 bits per heavy atom. The van der Waals surface area contributed by atoms with Crippen LogP contribution < -0.4 is 16.4 Å². The Morgan fingerprint density at radius 2 is 2.06 bits per heavy atom. The number of benzene rings is 1. The summed E-state index contributed by atoms with van der Waals surface area (Å²) in [7, 11) is 0. The third-order valence-electron chi connectivity index (χ3n) is 6.03. The zero-order valence-electron chi connectivity index (χ0n) is 18.9. The molecular formula is C24H37N5O2. The molecule has 1 aromatic heterocycles. The number of pyridine rings is 1. The molecule has 7 heteroatoms. The minimum absolute atomic E-state index is 0.185. The fourth-order valence-electron chi connectivity index (χ4n) is 4.28. The van der Waals surface area contributed by atoms with Gasteiger partial charge in [-0.3, -0.25) is 0 Å². The molecule has 4 unspecified atom stereocenters. The van der Waals surface area contributed by atoms with Gasteiger partial charge in [-0.25, -0.2) is 9.98 Å². The maximum absolute atomic E-state index is 10.3. The first-order valence-electron chi connectivity index (χ1n) is 11.5. The second-order valence-corrected chi connectivity index (χ2v) is 8.67. The molecule has 1 fully saturated rings. The number of aliphatic hydroxyl groups excluding tert-OH is 2. The summed E-state index contributed by atoms with van der Waals surface area (Å²) in [5, 5.41) is 28.0. The highest BCUT2D eigenvalue weighted by atomic mass is 16.3. The van der Waals surface area contributed by atoms with Gasteiger partial charge in [0, 0.05) is 24.0 Å². The lowest BCUT2D eigenvalue weighted by molar-refractivity contribution is 0.0840. The molecular weight excluding hydrogens is 390 g/mol. The molecule has 0 radical (unpaired) electrons. The third-order valence-corrected chi connectivity index (χ3v) is 6.03. The highest BCUT2D eigenvalue weighted by Crippen LogP contribution is 2.23. The Balaban J connectivity index is 1.73. The van der Waals surface area contributed by atoms with Gasteiger partial charge in [-0.2, -0.15) is 0 Å². The molecule has 1 aliphatic carbocycles. The van der Waals surface area contributed by atoms with Crippen LogP contribution >= 0.6 is 0 Å². The van der Waals surface area contributed by atoms with Crippen molar-refractivity contribution < 1.29 is 10.2 Å². The number of hydrogen-bond acceptors (Lipinski definition) is 6. The quantitative estimate of drug-likeness (QED) is 0.310. The van der Waals surface area contributed by atoms with Crippen molar-refractivity contribution in [3.63, 3.8) is 0 Å². The number of amidine groups is 1. The molecule has 1 aromatic carbocycles. The number of anilines is 1. The summed E-state index contributed by atoms with van der Waals surface area (Å²) in [6.45, 7) is 6.51. The van der Waals surface area contributed by atoms with Gasteiger partial charge in [-0.05, 0) is 57.7 Å². The summed E-state index contributed by atoms with van der Waals surface area (Å²) in [4.78, 5) is 8.89. The number of fused-ring (bicyclic) bond motifs is 1. The molecule has 31 heavy (non-hydrogen) atoms. The van der Waals surface area contributed by atoms with E-state index in [1.165, 1.54) is 6.42 Å². The minimum Gasteiger partial charge on any atom is -0.392 e. The van der Waals surface area contributed by atoms with E-state index in [-0.39, 0.29) is 18.0 Å². The molecule has 3 rings (SSSR count). The molecule has 0 bridgehead atoms. The van der Waals surface area contributed by atoms with Crippen LogP contribution in [-0.2, 0) is 0 Å². The highest BCUT2D eigenvalue weighted by molar-refractivity contribution is 6.04. The van der Waals surface area contributed by atoms with Gasteiger partial charge >= 0.3 is 0 Å². The molecule has 1 heterocycles. The van der Waals surface area contributed by atoms with Gasteiger partial charge < -0.3 is 26.6 Å². The fourth-order valence-corrected chi connectivity index (χ4v) is 4.28. The number of aromatic nitrogens is 1. The van der Waals surface area contributed by atoms with Crippen molar-refractivity contribution in [2.75, 3.05) is 11.9 Å². The smallest absolute Gasteiger partial charge is 0.144 e. The van der Waals surface area contributed by atoms with Gasteiger partial charge in [-0.15, -0.1) is 0 Å². The van der Waals surface area contributed by atoms with Gasteiger partial charge in [0.1, 0.15) is 17.9 Å². The molecule has 170 valence electrons. The average Bonchev–Trinajstić information content (AvgIpc) is 2.73. The molecule has 4 atom stereocenters. The van der Waals surface area contributed by atoms with E-state index in [1.54, 1.807) is 6.92 Å². The van der Waals surface area contributed by atoms with Crippen LogP contribution in [0.25, 0.3) is 10.9 Å². The van der Waals surface area contributed by atoms with Crippen LogP contribution in [0.1, 0.15) is 63.5 Å². The monoisotopic (exact) mass is 427 g/mol. The summed E-state index contributed by atoms with van der Waals surface area (Å²) in [6, 6.07) is 8.59. The second-order valence-electron chi connectivity index (χ2n) is 8.67. The van der Waals surface area contributed by atoms with Gasteiger partial charge in [0.2, 0.25) is 0 Å². The van der Waals surface area contributed by atoms with Crippen LogP contribution in [0.2, 0.25) is 0 Å². The van der Waals surface area contributed by atoms with Gasteiger partial charge in [0.25, 0.3) is 0 Å². The number of rotatable bonds is 9. The molecule has 1 saturated carbocycles. The third kappa shape index (κ3) is 6.38. The van der Waals surface area contributed by atoms with E-state index in [0.717, 1.165) is 48.6 Å². The van der Waals surface area contributed by atoms with Crippen molar-refractivity contribution in [2.45, 2.75) is 83.7 Å². The van der Waals surface area contributed by atoms with Crippen molar-refractivity contribution >= 4 is 22.6 Å². The van der Waals surface area contributed by atoms with Crippen molar-refractivity contribution in [3.05, 3.63) is 35.4 Å². The second kappa shape index (κ2) is 10.9. The Hall–Kier alpha value is -2.22. The van der Waals surface area contributed by atoms with Crippen molar-refractivity contribution in [2.24, 2.45) is 10.7 Å². The molecule has 2 aromatic rings. The maximum atomic E-state index is 10.3. The predicted octanol–water partition coefficient (Wildman–Crippen LogP) is 3.06. The number of nitrogens with zero attached hydrogens (tertiary/aromatic N) is 2. The lowest BCUT2D eigenvalue weighted by atomic mass is 9.91. The minimum atomic E-state index is -0.878. The Bertz CT molecular complexity index is 899. The predicted molar refractivity (Wildman–Crippen MR) is 127 cm³/mol. The van der Waals surface area contributed by atoms with E-state index in [1.807, 2.05) is 25.1 Å². The summed E-state index contributed by atoms with van der Waals surface area (Å²) < 4.78 is 0. The van der Waals surface area contributed by atoms with E-state index < -0.39 is 6.23 Å². The van der Waals surface area contributed by atoms with E-state index in [2.05, 4.69) is 28.6 Å². The number of hydrogen-bond donors (Lipinski definition) is 5. The van der Waals surface area contributed by atoms with Crippen LogP contribution in [0.4, 0.5) is 5.82 Å². The van der Waals surface area contributed by atoms with Crippen LogP contribution in [0.15, 0.2) is 29.3 Å². The molecule has 0 amide bonds. The largest absolute Gasteiger partial charge is 0.392 e. The summed E-state index contributed by atoms with van der Waals surface area (Å²) in [5.74, 6) is 0.940. The first-order chi connectivity index (χ1) is 14.9. The lowest BCUT2D eigenvalue weighted by Crippen LogP contribution is -2.47. The zero-order valence-corrected chi connectivity index (χ0v) is 18.9. The summed E-state index contributed by atoms with van der Waals surface area (Å²) in [6.07, 6.45) is 4.98. The van der Waals surface area contributed by atoms with Crippen molar-refractivity contribution in [1.29, 1.82) is 0 Å². The fraction of sp³-hybridized carbons (Fsp3) is 0.583. The zero-order chi connectivity index (χ0) is 22.4. The Morgan fingerprint density at radius 3 is 2.77 bits per heavy atom. The van der Waals surface area contributed by atoms with Crippen molar-refractivity contribution in [3.8, 4) is 0 Å². The molecule has 1 aliphatic rings. The Labute approximate surface area is 185 Å². The molecule has 0 aliphatic heterocycles. The van der Waals surface area contributed by atoms with E-state index in [0.29, 0.717) is 24.0 Å². The van der Waals surface area contributed by atoms with Crippen LogP contribution in [0.3, 0.4) is 0 Å². The number of aliphatic hydroxyl groups is 2. The standard InChI is InChI=1S/C24H37N5O2/c1-4-18(28-21-7-5-6-8-22(21)31)11-12-26-24-19(23(25)27-16(3)30)14-17-13-15(2)9-10-20(17)29-24/h9-10,13-14,16,18,21-22,28,30-31H,4-8,11-12H2,1-3H3,(H2,25,27)(H,26,29). The van der Waals surface area contributed by atoms with Gasteiger partial charge in [0.15, 0.2) is 0 Å². The topological polar surface area (TPSA) is 116 Å².